The van der Waals surface area contributed by atoms with Gasteiger partial charge in [0, 0.05) is 16.7 Å². The smallest absolute Gasteiger partial charge is 0.238 e. The Kier molecular flexibility index (Phi) is 10.7. The van der Waals surface area contributed by atoms with Gasteiger partial charge in [0.1, 0.15) is 0 Å². The van der Waals surface area contributed by atoms with Gasteiger partial charge in [0.15, 0.2) is 11.6 Å². The summed E-state index contributed by atoms with van der Waals surface area (Å²) in [4.78, 5) is 20.8. The molecule has 1 heterocycles. The highest BCUT2D eigenvalue weighted by Crippen LogP contribution is 2.50. The molecule has 0 unspecified atom stereocenters. The summed E-state index contributed by atoms with van der Waals surface area (Å²) in [7, 11) is 0. The van der Waals surface area contributed by atoms with E-state index in [0.717, 1.165) is 61.2 Å². The van der Waals surface area contributed by atoms with E-state index in [1.807, 2.05) is 36.4 Å². The molecule has 0 amide bonds. The third-order valence-electron chi connectivity index (χ3n) is 11.9. The maximum Gasteiger partial charge on any atom is 0.238 e. The molecule has 0 aliphatic carbocycles. The third-order valence-corrected chi connectivity index (χ3v) is 11.9. The van der Waals surface area contributed by atoms with Gasteiger partial charge in [-0.3, -0.25) is 4.90 Å². The quantitative estimate of drug-likeness (QED) is 0.145. The molecule has 9 aromatic rings. The van der Waals surface area contributed by atoms with Crippen LogP contribution in [0.2, 0.25) is 0 Å². The Labute approximate surface area is 366 Å². The van der Waals surface area contributed by atoms with Crippen molar-refractivity contribution in [2.45, 2.75) is 55.4 Å². The van der Waals surface area contributed by atoms with Crippen molar-refractivity contribution in [3.63, 3.8) is 0 Å². The van der Waals surface area contributed by atoms with Gasteiger partial charge in [0.05, 0.1) is 28.4 Å². The van der Waals surface area contributed by atoms with Crippen LogP contribution in [-0.2, 0) is 0 Å². The summed E-state index contributed by atoms with van der Waals surface area (Å²) in [6, 6.07) is 58.1. The highest BCUT2D eigenvalue weighted by molar-refractivity contribution is 5.99. The first-order chi connectivity index (χ1) is 30.0. The Morgan fingerprint density at radius 2 is 0.774 bits per heavy atom. The van der Waals surface area contributed by atoms with Gasteiger partial charge >= 0.3 is 0 Å². The maximum absolute atomic E-state index is 5.44. The van der Waals surface area contributed by atoms with E-state index in [4.69, 9.17) is 15.0 Å². The van der Waals surface area contributed by atoms with Gasteiger partial charge in [-0.1, -0.05) is 157 Å². The van der Waals surface area contributed by atoms with Gasteiger partial charge < -0.3 is 4.90 Å². The summed E-state index contributed by atoms with van der Waals surface area (Å²) >= 11 is 0. The molecule has 8 aromatic carbocycles. The maximum atomic E-state index is 5.44. The van der Waals surface area contributed by atoms with Crippen LogP contribution in [0.25, 0.3) is 44.7 Å². The highest BCUT2D eigenvalue weighted by atomic mass is 15.3. The summed E-state index contributed by atoms with van der Waals surface area (Å²) in [5.41, 5.74) is 19.0. The number of hydrogen-bond donors (Lipinski definition) is 0. The lowest BCUT2D eigenvalue weighted by molar-refractivity contribution is 1.01. The van der Waals surface area contributed by atoms with Crippen LogP contribution in [0.1, 0.15) is 44.5 Å². The average Bonchev–Trinajstić information content (AvgIpc) is 3.27. The van der Waals surface area contributed by atoms with Crippen LogP contribution in [0.3, 0.4) is 0 Å². The molecule has 0 N–H and O–H groups in total. The first kappa shape index (κ1) is 40.1. The number of rotatable bonds is 9. The first-order valence-electron chi connectivity index (χ1n) is 21.4. The highest BCUT2D eigenvalue weighted by Gasteiger charge is 2.29. The molecule has 0 aliphatic rings. The zero-order chi connectivity index (χ0) is 43.1. The van der Waals surface area contributed by atoms with E-state index >= 15 is 0 Å². The second-order valence-electron chi connectivity index (χ2n) is 16.6. The zero-order valence-corrected chi connectivity index (χ0v) is 36.8. The largest absolute Gasteiger partial charge is 0.309 e. The molecule has 0 saturated carbocycles. The molecule has 304 valence electrons. The predicted octanol–water partition coefficient (Wildman–Crippen LogP) is 15.4. The van der Waals surface area contributed by atoms with Crippen LogP contribution in [-0.4, -0.2) is 15.0 Å². The van der Waals surface area contributed by atoms with Crippen LogP contribution >= 0.6 is 0 Å². The van der Waals surface area contributed by atoms with Crippen LogP contribution < -0.4 is 9.80 Å². The molecule has 0 bridgehead atoms. The number of fused-ring (bicyclic) bond motifs is 1. The number of hydrogen-bond acceptors (Lipinski definition) is 5. The Morgan fingerprint density at radius 1 is 0.339 bits per heavy atom. The lowest BCUT2D eigenvalue weighted by Crippen LogP contribution is -2.21. The van der Waals surface area contributed by atoms with Crippen molar-refractivity contribution < 1.29 is 0 Å². The predicted molar refractivity (Wildman–Crippen MR) is 261 cm³/mol. The van der Waals surface area contributed by atoms with Crippen LogP contribution in [0, 0.1) is 55.4 Å². The van der Waals surface area contributed by atoms with Gasteiger partial charge in [0.2, 0.25) is 5.95 Å². The molecular formula is C57H51N5. The summed E-state index contributed by atoms with van der Waals surface area (Å²) in [6.07, 6.45) is 0. The molecule has 1 aromatic heterocycles. The van der Waals surface area contributed by atoms with Gasteiger partial charge in [-0.15, -0.1) is 0 Å². The summed E-state index contributed by atoms with van der Waals surface area (Å²) in [5.74, 6) is 1.74. The van der Waals surface area contributed by atoms with Crippen molar-refractivity contribution in [2.24, 2.45) is 0 Å². The fourth-order valence-corrected chi connectivity index (χ4v) is 9.30. The molecule has 0 saturated heterocycles. The fraction of sp³-hybridized carbons (Fsp3) is 0.140. The molecule has 0 fully saturated rings. The van der Waals surface area contributed by atoms with Crippen LogP contribution in [0.4, 0.5) is 34.4 Å². The van der Waals surface area contributed by atoms with E-state index in [1.165, 1.54) is 44.8 Å². The second kappa shape index (κ2) is 16.6. The number of aryl methyl sites for hydroxylation is 7. The second-order valence-corrected chi connectivity index (χ2v) is 16.6. The molecule has 0 atom stereocenters. The van der Waals surface area contributed by atoms with E-state index < -0.39 is 0 Å². The molecule has 0 spiro atoms. The van der Waals surface area contributed by atoms with Crippen molar-refractivity contribution in [2.75, 3.05) is 9.80 Å². The summed E-state index contributed by atoms with van der Waals surface area (Å²) in [5, 5.41) is 2.28. The van der Waals surface area contributed by atoms with E-state index in [2.05, 4.69) is 193 Å². The van der Waals surface area contributed by atoms with Crippen molar-refractivity contribution in [3.8, 4) is 33.9 Å². The number of benzene rings is 8. The fourth-order valence-electron chi connectivity index (χ4n) is 9.30. The summed E-state index contributed by atoms with van der Waals surface area (Å²) < 4.78 is 0. The van der Waals surface area contributed by atoms with Crippen molar-refractivity contribution in [1.29, 1.82) is 0 Å². The molecule has 0 aliphatic heterocycles. The van der Waals surface area contributed by atoms with Crippen molar-refractivity contribution in [1.82, 2.24) is 15.0 Å². The SMILES string of the molecule is Cc1cc(C)c(N(c2ccc(C)c(N(c3nc(-c4ccccc4)nc(-c4ccccc4)n3)c3cc4ccccc4cc3-c3ccccc3)c2C)c2c(C)cc(C)cc2C)c(C)c1. The normalized spacial score (nSPS) is 11.2. The molecule has 9 rings (SSSR count). The Balaban J connectivity index is 1.41. The minimum absolute atomic E-state index is 0.533. The zero-order valence-electron chi connectivity index (χ0n) is 36.8. The Hall–Kier alpha value is -7.37. The average molecular weight is 806 g/mol. The van der Waals surface area contributed by atoms with Crippen molar-refractivity contribution in [3.05, 3.63) is 208 Å². The van der Waals surface area contributed by atoms with E-state index in [-0.39, 0.29) is 0 Å². The monoisotopic (exact) mass is 805 g/mol. The molecule has 5 heteroatoms. The van der Waals surface area contributed by atoms with Gasteiger partial charge in [0.25, 0.3) is 0 Å². The molecule has 0 radical (unpaired) electrons. The first-order valence-corrected chi connectivity index (χ1v) is 21.4. The lowest BCUT2D eigenvalue weighted by atomic mass is 9.95. The minimum Gasteiger partial charge on any atom is -0.309 e. The number of aromatic nitrogens is 3. The van der Waals surface area contributed by atoms with E-state index in [0.29, 0.717) is 17.6 Å². The topological polar surface area (TPSA) is 45.2 Å². The number of nitrogens with zero attached hydrogens (tertiary/aromatic N) is 5. The van der Waals surface area contributed by atoms with Gasteiger partial charge in [-0.25, -0.2) is 4.98 Å². The van der Waals surface area contributed by atoms with E-state index in [9.17, 15) is 0 Å². The van der Waals surface area contributed by atoms with Crippen LogP contribution in [0.15, 0.2) is 164 Å². The third kappa shape index (κ3) is 7.52. The van der Waals surface area contributed by atoms with E-state index in [1.54, 1.807) is 0 Å². The number of anilines is 6. The Bertz CT molecular complexity index is 2940. The van der Waals surface area contributed by atoms with Crippen molar-refractivity contribution >= 4 is 45.2 Å². The van der Waals surface area contributed by atoms with Crippen LogP contribution in [0.5, 0.6) is 0 Å². The lowest BCUT2D eigenvalue weighted by Gasteiger charge is -2.35. The molecule has 5 nitrogen and oxygen atoms in total. The van der Waals surface area contributed by atoms with Gasteiger partial charge in [-0.2, -0.15) is 9.97 Å². The Morgan fingerprint density at radius 3 is 1.26 bits per heavy atom. The molecule has 62 heavy (non-hydrogen) atoms. The standard InChI is InChI=1S/C57H51N5/c1-36-30-39(4)52(40(5)31-36)61(53-41(6)32-37(2)33-42(53)7)50-29-28-38(3)54(43(50)8)62(51-35-48-27-19-18-26-47(48)34-49(51)44-20-12-9-13-21-44)57-59-55(45-22-14-10-15-23-45)58-56(60-57)46-24-16-11-17-25-46/h9-35H,1-8H3. The molecular weight excluding hydrogens is 755 g/mol. The minimum atomic E-state index is 0.533. The van der Waals surface area contributed by atoms with Gasteiger partial charge in [-0.05, 0) is 123 Å². The summed E-state index contributed by atoms with van der Waals surface area (Å²) in [6.45, 7) is 17.8.